The molecule has 2 nitrogen and oxygen atoms in total. The molecule has 0 saturated carbocycles. The van der Waals surface area contributed by atoms with Crippen LogP contribution in [0.25, 0.3) is 60.9 Å². The first kappa shape index (κ1) is 33.2. The standard InChI is InChI=1S/C52H42N2/c1-5-7-17-40(6-2)54-50-21-14-12-19-46(50)47-34-39(26-33-51(47)54)38-24-29-42(30-25-38)53(41-27-22-37(23-28-41)36-15-9-8-10-16-36)43-31-32-45-44-18-11-13-20-48(44)52(3,4)49(45)35-43/h5-35H,2H2,1,3-4H3/b7-5-,40-17+. The highest BCUT2D eigenvalue weighted by atomic mass is 15.1. The van der Waals surface area contributed by atoms with Gasteiger partial charge in [0.1, 0.15) is 0 Å². The van der Waals surface area contributed by atoms with Crippen LogP contribution < -0.4 is 4.90 Å². The van der Waals surface area contributed by atoms with Crippen molar-refractivity contribution in [3.8, 4) is 33.4 Å². The molecule has 0 N–H and O–H groups in total. The fraction of sp³-hybridized carbons (Fsp3) is 0.0769. The van der Waals surface area contributed by atoms with E-state index in [0.29, 0.717) is 0 Å². The molecule has 0 bridgehead atoms. The van der Waals surface area contributed by atoms with Crippen molar-refractivity contribution in [3.05, 3.63) is 206 Å². The predicted octanol–water partition coefficient (Wildman–Crippen LogP) is 14.5. The van der Waals surface area contributed by atoms with Gasteiger partial charge < -0.3 is 9.47 Å². The minimum atomic E-state index is -0.0919. The summed E-state index contributed by atoms with van der Waals surface area (Å²) in [4.78, 5) is 2.39. The van der Waals surface area contributed by atoms with E-state index in [9.17, 15) is 0 Å². The van der Waals surface area contributed by atoms with Crippen LogP contribution in [0.4, 0.5) is 17.1 Å². The number of allylic oxidation sites excluding steroid dienone is 5. The van der Waals surface area contributed by atoms with Crippen LogP contribution in [-0.4, -0.2) is 4.57 Å². The number of hydrogen-bond donors (Lipinski definition) is 0. The highest BCUT2D eigenvalue weighted by Crippen LogP contribution is 2.50. The fourth-order valence-corrected chi connectivity index (χ4v) is 8.37. The van der Waals surface area contributed by atoms with Gasteiger partial charge in [-0.3, -0.25) is 0 Å². The molecule has 8 aromatic rings. The van der Waals surface area contributed by atoms with Crippen molar-refractivity contribution in [2.45, 2.75) is 26.2 Å². The number of fused-ring (bicyclic) bond motifs is 6. The monoisotopic (exact) mass is 694 g/mol. The van der Waals surface area contributed by atoms with Crippen molar-refractivity contribution in [2.75, 3.05) is 4.90 Å². The van der Waals surface area contributed by atoms with Gasteiger partial charge in [-0.1, -0.05) is 142 Å². The first-order valence-electron chi connectivity index (χ1n) is 18.8. The zero-order valence-corrected chi connectivity index (χ0v) is 31.0. The lowest BCUT2D eigenvalue weighted by molar-refractivity contribution is 0.660. The second-order valence-corrected chi connectivity index (χ2v) is 14.6. The summed E-state index contributed by atoms with van der Waals surface area (Å²) >= 11 is 0. The Hall–Kier alpha value is -6.64. The first-order chi connectivity index (χ1) is 26.5. The summed E-state index contributed by atoms with van der Waals surface area (Å²) in [5.74, 6) is 0. The molecule has 0 atom stereocenters. The lowest BCUT2D eigenvalue weighted by atomic mass is 9.82. The highest BCUT2D eigenvalue weighted by Gasteiger charge is 2.35. The lowest BCUT2D eigenvalue weighted by Crippen LogP contribution is -2.16. The Bertz CT molecular complexity index is 2740. The molecular formula is C52H42N2. The van der Waals surface area contributed by atoms with Gasteiger partial charge in [-0.2, -0.15) is 0 Å². The molecule has 0 amide bonds. The van der Waals surface area contributed by atoms with Crippen LogP contribution in [-0.2, 0) is 5.41 Å². The molecule has 0 spiro atoms. The Morgan fingerprint density at radius 3 is 1.83 bits per heavy atom. The van der Waals surface area contributed by atoms with Gasteiger partial charge in [-0.25, -0.2) is 0 Å². The van der Waals surface area contributed by atoms with E-state index in [2.05, 4.69) is 206 Å². The van der Waals surface area contributed by atoms with Crippen LogP contribution >= 0.6 is 0 Å². The molecule has 54 heavy (non-hydrogen) atoms. The Morgan fingerprint density at radius 2 is 1.11 bits per heavy atom. The van der Waals surface area contributed by atoms with Crippen LogP contribution in [0.1, 0.15) is 31.9 Å². The number of aromatic nitrogens is 1. The Morgan fingerprint density at radius 1 is 0.537 bits per heavy atom. The molecule has 1 aliphatic rings. The van der Waals surface area contributed by atoms with Crippen LogP contribution in [0.2, 0.25) is 0 Å². The average Bonchev–Trinajstić information content (AvgIpc) is 3.67. The normalized spacial score (nSPS) is 13.4. The molecule has 0 fully saturated rings. The molecule has 0 radical (unpaired) electrons. The summed E-state index contributed by atoms with van der Waals surface area (Å²) in [6, 6.07) is 59.9. The van der Waals surface area contributed by atoms with Gasteiger partial charge in [0, 0.05) is 38.9 Å². The summed E-state index contributed by atoms with van der Waals surface area (Å²) in [5, 5.41) is 2.45. The van der Waals surface area contributed by atoms with Crippen LogP contribution in [0.3, 0.4) is 0 Å². The molecule has 0 unspecified atom stereocenters. The smallest absolute Gasteiger partial charge is 0.0541 e. The fourth-order valence-electron chi connectivity index (χ4n) is 8.37. The van der Waals surface area contributed by atoms with E-state index in [4.69, 9.17) is 0 Å². The van der Waals surface area contributed by atoms with E-state index >= 15 is 0 Å². The number of para-hydroxylation sites is 1. The van der Waals surface area contributed by atoms with E-state index in [1.54, 1.807) is 0 Å². The molecule has 1 heterocycles. The van der Waals surface area contributed by atoms with Crippen molar-refractivity contribution >= 4 is 44.6 Å². The van der Waals surface area contributed by atoms with E-state index in [-0.39, 0.29) is 5.41 Å². The van der Waals surface area contributed by atoms with Gasteiger partial charge in [-0.05, 0) is 118 Å². The lowest BCUT2D eigenvalue weighted by Gasteiger charge is -2.28. The topological polar surface area (TPSA) is 8.17 Å². The molecule has 9 rings (SSSR count). The number of rotatable bonds is 8. The number of nitrogens with zero attached hydrogens (tertiary/aromatic N) is 2. The third-order valence-electron chi connectivity index (χ3n) is 11.1. The summed E-state index contributed by atoms with van der Waals surface area (Å²) < 4.78 is 2.31. The molecule has 260 valence electrons. The maximum atomic E-state index is 4.14. The van der Waals surface area contributed by atoms with Crippen LogP contribution in [0.15, 0.2) is 195 Å². The summed E-state index contributed by atoms with van der Waals surface area (Å²) in [6.45, 7) is 10.9. The molecular weight excluding hydrogens is 653 g/mol. The Kier molecular flexibility index (Phi) is 8.24. The third kappa shape index (κ3) is 5.50. The first-order valence-corrected chi connectivity index (χ1v) is 18.8. The maximum absolute atomic E-state index is 4.14. The van der Waals surface area contributed by atoms with E-state index in [0.717, 1.165) is 22.8 Å². The minimum Gasteiger partial charge on any atom is -0.310 e. The zero-order chi connectivity index (χ0) is 36.8. The van der Waals surface area contributed by atoms with E-state index < -0.39 is 0 Å². The van der Waals surface area contributed by atoms with Crippen molar-refractivity contribution in [3.63, 3.8) is 0 Å². The predicted molar refractivity (Wildman–Crippen MR) is 232 cm³/mol. The molecule has 7 aromatic carbocycles. The zero-order valence-electron chi connectivity index (χ0n) is 31.0. The Balaban J connectivity index is 1.14. The molecule has 0 saturated heterocycles. The summed E-state index contributed by atoms with van der Waals surface area (Å²) in [7, 11) is 0. The number of hydrogen-bond acceptors (Lipinski definition) is 1. The Labute approximate surface area is 318 Å². The van der Waals surface area contributed by atoms with Gasteiger partial charge in [0.25, 0.3) is 0 Å². The van der Waals surface area contributed by atoms with E-state index in [1.807, 2.05) is 19.1 Å². The highest BCUT2D eigenvalue weighted by molar-refractivity contribution is 6.11. The largest absolute Gasteiger partial charge is 0.310 e. The second kappa shape index (κ2) is 13.4. The van der Waals surface area contributed by atoms with Crippen molar-refractivity contribution < 1.29 is 0 Å². The average molecular weight is 695 g/mol. The third-order valence-corrected chi connectivity index (χ3v) is 11.1. The maximum Gasteiger partial charge on any atom is 0.0541 e. The van der Waals surface area contributed by atoms with Crippen LogP contribution in [0.5, 0.6) is 0 Å². The quantitative estimate of drug-likeness (QED) is 0.144. The SMILES string of the molecule is C=C/C(=C\C=C/C)n1c2ccccc2c2cc(-c3ccc(N(c4ccc(-c5ccccc5)cc4)c4ccc5c(c4)C(C)(C)c4ccccc4-5)cc3)ccc21. The van der Waals surface area contributed by atoms with E-state index in [1.165, 1.54) is 66.3 Å². The van der Waals surface area contributed by atoms with Crippen LogP contribution in [0, 0.1) is 0 Å². The molecule has 0 aliphatic heterocycles. The van der Waals surface area contributed by atoms with Gasteiger partial charge in [-0.15, -0.1) is 0 Å². The van der Waals surface area contributed by atoms with Crippen molar-refractivity contribution in [1.82, 2.24) is 4.57 Å². The van der Waals surface area contributed by atoms with Gasteiger partial charge in [0.2, 0.25) is 0 Å². The summed E-state index contributed by atoms with van der Waals surface area (Å²) in [5.41, 5.74) is 16.9. The molecule has 1 aliphatic carbocycles. The van der Waals surface area contributed by atoms with Crippen molar-refractivity contribution in [2.24, 2.45) is 0 Å². The van der Waals surface area contributed by atoms with Gasteiger partial charge in [0.15, 0.2) is 0 Å². The second-order valence-electron chi connectivity index (χ2n) is 14.6. The molecule has 1 aromatic heterocycles. The summed E-state index contributed by atoms with van der Waals surface area (Å²) in [6.07, 6.45) is 8.16. The number of anilines is 3. The van der Waals surface area contributed by atoms with Gasteiger partial charge >= 0.3 is 0 Å². The minimum absolute atomic E-state index is 0.0919. The van der Waals surface area contributed by atoms with Gasteiger partial charge in [0.05, 0.1) is 11.0 Å². The van der Waals surface area contributed by atoms with Crippen molar-refractivity contribution in [1.29, 1.82) is 0 Å². The number of benzene rings is 7. The molecule has 2 heteroatoms.